The Balaban J connectivity index is 1.66. The quantitative estimate of drug-likeness (QED) is 0.785. The fourth-order valence-electron chi connectivity index (χ4n) is 2.39. The van der Waals surface area contributed by atoms with Crippen molar-refractivity contribution >= 4 is 17.1 Å². The molecule has 0 atom stereocenters. The Morgan fingerprint density at radius 1 is 1.26 bits per heavy atom. The highest BCUT2D eigenvalue weighted by molar-refractivity contribution is 5.96. The molecule has 3 heterocycles. The molecular weight excluding hydrogens is 290 g/mol. The van der Waals surface area contributed by atoms with Crippen molar-refractivity contribution < 1.29 is 4.79 Å². The smallest absolute Gasteiger partial charge is 0.252 e. The zero-order valence-electron chi connectivity index (χ0n) is 13.2. The van der Waals surface area contributed by atoms with Crippen LogP contribution in [0.25, 0.3) is 11.2 Å². The monoisotopic (exact) mass is 309 g/mol. The molecule has 0 fully saturated rings. The summed E-state index contributed by atoms with van der Waals surface area (Å²) in [5.41, 5.74) is 3.21. The minimum absolute atomic E-state index is 0.132. The number of hydrogen-bond acceptors (Lipinski definition) is 4. The molecule has 0 aliphatic rings. The largest absolute Gasteiger partial charge is 0.352 e. The molecule has 3 aromatic heterocycles. The molecule has 6 heteroatoms. The van der Waals surface area contributed by atoms with Gasteiger partial charge >= 0.3 is 0 Å². The van der Waals surface area contributed by atoms with Crippen LogP contribution in [0.15, 0.2) is 43.1 Å². The van der Waals surface area contributed by atoms with Gasteiger partial charge in [0, 0.05) is 31.2 Å². The van der Waals surface area contributed by atoms with Crippen molar-refractivity contribution in [2.75, 3.05) is 6.54 Å². The molecule has 0 radical (unpaired) electrons. The molecule has 3 rings (SSSR count). The molecule has 3 aromatic rings. The highest BCUT2D eigenvalue weighted by atomic mass is 16.1. The molecule has 1 N–H and O–H groups in total. The molecule has 0 unspecified atom stereocenters. The Hall–Kier alpha value is -2.76. The van der Waals surface area contributed by atoms with Crippen LogP contribution in [0.5, 0.6) is 0 Å². The number of rotatable bonds is 5. The Kier molecular flexibility index (Phi) is 4.32. The summed E-state index contributed by atoms with van der Waals surface area (Å²) in [4.78, 5) is 24.9. The van der Waals surface area contributed by atoms with Gasteiger partial charge in [0.05, 0.1) is 11.9 Å². The van der Waals surface area contributed by atoms with E-state index in [-0.39, 0.29) is 11.9 Å². The van der Waals surface area contributed by atoms with Gasteiger partial charge in [0.15, 0.2) is 5.65 Å². The van der Waals surface area contributed by atoms with E-state index in [0.29, 0.717) is 12.1 Å². The van der Waals surface area contributed by atoms with E-state index >= 15 is 0 Å². The van der Waals surface area contributed by atoms with E-state index in [9.17, 15) is 4.79 Å². The lowest BCUT2D eigenvalue weighted by Gasteiger charge is -2.08. The van der Waals surface area contributed by atoms with E-state index < -0.39 is 0 Å². The molecule has 0 spiro atoms. The van der Waals surface area contributed by atoms with Gasteiger partial charge in [0.2, 0.25) is 0 Å². The number of amides is 1. The van der Waals surface area contributed by atoms with E-state index in [0.717, 1.165) is 23.1 Å². The van der Waals surface area contributed by atoms with Gasteiger partial charge in [-0.25, -0.2) is 9.97 Å². The fraction of sp³-hybridized carbons (Fsp3) is 0.294. The van der Waals surface area contributed by atoms with Crippen molar-refractivity contribution in [2.24, 2.45) is 0 Å². The maximum Gasteiger partial charge on any atom is 0.252 e. The molecular formula is C17H19N5O. The van der Waals surface area contributed by atoms with Crippen molar-refractivity contribution in [1.82, 2.24) is 24.8 Å². The van der Waals surface area contributed by atoms with Crippen LogP contribution in [0.3, 0.4) is 0 Å². The Labute approximate surface area is 134 Å². The number of hydrogen-bond donors (Lipinski definition) is 1. The second kappa shape index (κ2) is 6.56. The van der Waals surface area contributed by atoms with Crippen molar-refractivity contribution in [3.63, 3.8) is 0 Å². The zero-order valence-corrected chi connectivity index (χ0v) is 13.2. The van der Waals surface area contributed by atoms with Crippen LogP contribution in [0.2, 0.25) is 0 Å². The van der Waals surface area contributed by atoms with Crippen LogP contribution >= 0.6 is 0 Å². The van der Waals surface area contributed by atoms with E-state index in [1.165, 1.54) is 0 Å². The molecule has 0 bridgehead atoms. The first-order valence-electron chi connectivity index (χ1n) is 7.65. The lowest BCUT2D eigenvalue weighted by molar-refractivity contribution is 0.0954. The number of fused-ring (bicyclic) bond motifs is 1. The standard InChI is InChI=1S/C17H19N5O/c1-12(2)22-11-21-15-9-14(10-20-16(15)22)17(23)19-8-5-13-3-6-18-7-4-13/h3-4,6-7,9-12H,5,8H2,1-2H3,(H,19,23). The normalized spacial score (nSPS) is 11.1. The van der Waals surface area contributed by atoms with Crippen molar-refractivity contribution in [3.05, 3.63) is 54.2 Å². The van der Waals surface area contributed by atoms with Crippen LogP contribution in [-0.2, 0) is 6.42 Å². The van der Waals surface area contributed by atoms with Gasteiger partial charge in [-0.1, -0.05) is 0 Å². The summed E-state index contributed by atoms with van der Waals surface area (Å²) < 4.78 is 1.99. The van der Waals surface area contributed by atoms with E-state index in [1.54, 1.807) is 31.0 Å². The summed E-state index contributed by atoms with van der Waals surface area (Å²) in [7, 11) is 0. The number of nitrogens with one attached hydrogen (secondary N) is 1. The third-order valence-electron chi connectivity index (χ3n) is 3.68. The summed E-state index contributed by atoms with van der Waals surface area (Å²) in [6, 6.07) is 5.95. The molecule has 0 aliphatic carbocycles. The lowest BCUT2D eigenvalue weighted by atomic mass is 10.2. The molecule has 0 aromatic carbocycles. The van der Waals surface area contributed by atoms with Crippen LogP contribution in [0.1, 0.15) is 35.8 Å². The van der Waals surface area contributed by atoms with Gasteiger partial charge in [-0.2, -0.15) is 0 Å². The summed E-state index contributed by atoms with van der Waals surface area (Å²) in [5, 5.41) is 2.91. The first-order valence-corrected chi connectivity index (χ1v) is 7.65. The van der Waals surface area contributed by atoms with Crippen LogP contribution in [-0.4, -0.2) is 32.0 Å². The van der Waals surface area contributed by atoms with Crippen LogP contribution in [0.4, 0.5) is 0 Å². The highest BCUT2D eigenvalue weighted by Gasteiger charge is 2.11. The Morgan fingerprint density at radius 3 is 2.78 bits per heavy atom. The van der Waals surface area contributed by atoms with Gasteiger partial charge in [-0.15, -0.1) is 0 Å². The average Bonchev–Trinajstić information content (AvgIpc) is 2.99. The summed E-state index contributed by atoms with van der Waals surface area (Å²) in [6.45, 7) is 4.71. The van der Waals surface area contributed by atoms with E-state index in [4.69, 9.17) is 0 Å². The van der Waals surface area contributed by atoms with E-state index in [1.807, 2.05) is 16.7 Å². The molecule has 0 saturated carbocycles. The average molecular weight is 309 g/mol. The van der Waals surface area contributed by atoms with E-state index in [2.05, 4.69) is 34.1 Å². The number of pyridine rings is 2. The molecule has 6 nitrogen and oxygen atoms in total. The minimum Gasteiger partial charge on any atom is -0.352 e. The Bertz CT molecular complexity index is 810. The second-order valence-electron chi connectivity index (χ2n) is 5.67. The number of aromatic nitrogens is 4. The first kappa shape index (κ1) is 15.1. The highest BCUT2D eigenvalue weighted by Crippen LogP contribution is 2.16. The Morgan fingerprint density at radius 2 is 2.04 bits per heavy atom. The predicted octanol–water partition coefficient (Wildman–Crippen LogP) is 2.38. The maximum atomic E-state index is 12.2. The molecule has 0 saturated heterocycles. The number of carbonyl (C=O) groups is 1. The van der Waals surface area contributed by atoms with Crippen LogP contribution < -0.4 is 5.32 Å². The van der Waals surface area contributed by atoms with Gasteiger partial charge in [0.25, 0.3) is 5.91 Å². The molecule has 1 amide bonds. The van der Waals surface area contributed by atoms with Crippen molar-refractivity contribution in [1.29, 1.82) is 0 Å². The van der Waals surface area contributed by atoms with Crippen LogP contribution in [0, 0.1) is 0 Å². The van der Waals surface area contributed by atoms with Gasteiger partial charge in [-0.3, -0.25) is 9.78 Å². The molecule has 23 heavy (non-hydrogen) atoms. The third kappa shape index (κ3) is 3.36. The number of carbonyl (C=O) groups excluding carboxylic acids is 1. The number of nitrogens with zero attached hydrogens (tertiary/aromatic N) is 4. The van der Waals surface area contributed by atoms with Crippen molar-refractivity contribution in [2.45, 2.75) is 26.3 Å². The topological polar surface area (TPSA) is 72.7 Å². The fourth-order valence-corrected chi connectivity index (χ4v) is 2.39. The SMILES string of the molecule is CC(C)n1cnc2cc(C(=O)NCCc3ccncc3)cnc21. The summed E-state index contributed by atoms with van der Waals surface area (Å²) in [5.74, 6) is -0.132. The molecule has 0 aliphatic heterocycles. The minimum atomic E-state index is -0.132. The third-order valence-corrected chi connectivity index (χ3v) is 3.68. The summed E-state index contributed by atoms with van der Waals surface area (Å²) in [6.07, 6.45) is 7.63. The maximum absolute atomic E-state index is 12.2. The summed E-state index contributed by atoms with van der Waals surface area (Å²) >= 11 is 0. The van der Waals surface area contributed by atoms with Gasteiger partial charge in [-0.05, 0) is 44.0 Å². The van der Waals surface area contributed by atoms with Gasteiger partial charge in [0.1, 0.15) is 5.52 Å². The molecule has 118 valence electrons. The predicted molar refractivity (Wildman–Crippen MR) is 88.2 cm³/mol. The zero-order chi connectivity index (χ0) is 16.2. The number of imidazole rings is 1. The first-order chi connectivity index (χ1) is 11.1. The second-order valence-corrected chi connectivity index (χ2v) is 5.67. The lowest BCUT2D eigenvalue weighted by Crippen LogP contribution is -2.25. The van der Waals surface area contributed by atoms with Gasteiger partial charge < -0.3 is 9.88 Å². The van der Waals surface area contributed by atoms with Crippen molar-refractivity contribution in [3.8, 4) is 0 Å².